The number of aromatic nitrogens is 1. The third-order valence-electron chi connectivity index (χ3n) is 5.14. The standard InChI is InChI=1S/C22H26N4O2/c1-4-28-22(27)20-13-19(16(2)24-17(20)3)15-25-9-11-26(12-10-25)21-8-6-5-7-18(21)14-23/h5-8,13H,4,9-12,15H2,1-3H3. The van der Waals surface area contributed by atoms with E-state index in [1.165, 1.54) is 0 Å². The molecule has 1 aliphatic rings. The first-order valence-corrected chi connectivity index (χ1v) is 9.64. The number of carbonyl (C=O) groups excluding carboxylic acids is 1. The van der Waals surface area contributed by atoms with E-state index in [9.17, 15) is 10.1 Å². The summed E-state index contributed by atoms with van der Waals surface area (Å²) < 4.78 is 5.15. The van der Waals surface area contributed by atoms with E-state index in [1.807, 2.05) is 44.2 Å². The number of anilines is 1. The van der Waals surface area contributed by atoms with Gasteiger partial charge >= 0.3 is 5.97 Å². The van der Waals surface area contributed by atoms with Crippen molar-refractivity contribution in [1.82, 2.24) is 9.88 Å². The van der Waals surface area contributed by atoms with Crippen LogP contribution in [0.1, 0.15) is 39.8 Å². The van der Waals surface area contributed by atoms with Gasteiger partial charge in [-0.25, -0.2) is 4.79 Å². The molecule has 2 aromatic rings. The molecule has 0 atom stereocenters. The Balaban J connectivity index is 1.69. The Morgan fingerprint density at radius 1 is 1.18 bits per heavy atom. The molecule has 0 amide bonds. The summed E-state index contributed by atoms with van der Waals surface area (Å²) in [6.07, 6.45) is 0. The molecule has 0 saturated carbocycles. The fourth-order valence-electron chi connectivity index (χ4n) is 3.57. The highest BCUT2D eigenvalue weighted by Crippen LogP contribution is 2.22. The second kappa shape index (κ2) is 8.85. The second-order valence-electron chi connectivity index (χ2n) is 6.98. The third kappa shape index (κ3) is 4.32. The van der Waals surface area contributed by atoms with Gasteiger partial charge < -0.3 is 9.64 Å². The van der Waals surface area contributed by atoms with Crippen molar-refractivity contribution in [3.05, 3.63) is 58.4 Å². The topological polar surface area (TPSA) is 69.5 Å². The normalized spacial score (nSPS) is 14.6. The molecule has 1 aromatic carbocycles. The van der Waals surface area contributed by atoms with E-state index in [1.54, 1.807) is 6.92 Å². The number of rotatable bonds is 5. The number of piperazine rings is 1. The van der Waals surface area contributed by atoms with E-state index < -0.39 is 0 Å². The second-order valence-corrected chi connectivity index (χ2v) is 6.98. The minimum absolute atomic E-state index is 0.313. The number of nitrogens with zero attached hydrogens (tertiary/aromatic N) is 4. The molecule has 146 valence electrons. The fourth-order valence-corrected chi connectivity index (χ4v) is 3.57. The van der Waals surface area contributed by atoms with Crippen molar-refractivity contribution in [3.8, 4) is 6.07 Å². The molecule has 1 aromatic heterocycles. The van der Waals surface area contributed by atoms with Crippen LogP contribution in [0, 0.1) is 25.2 Å². The average molecular weight is 378 g/mol. The Morgan fingerprint density at radius 2 is 1.89 bits per heavy atom. The maximum atomic E-state index is 12.2. The predicted molar refractivity (Wildman–Crippen MR) is 108 cm³/mol. The Hall–Kier alpha value is -2.91. The number of carbonyl (C=O) groups is 1. The molecule has 1 aliphatic heterocycles. The Morgan fingerprint density at radius 3 is 2.57 bits per heavy atom. The lowest BCUT2D eigenvalue weighted by Crippen LogP contribution is -2.46. The van der Waals surface area contributed by atoms with Gasteiger partial charge in [0.2, 0.25) is 0 Å². The van der Waals surface area contributed by atoms with Crippen molar-refractivity contribution >= 4 is 11.7 Å². The Labute approximate surface area is 166 Å². The highest BCUT2D eigenvalue weighted by Gasteiger charge is 2.21. The minimum Gasteiger partial charge on any atom is -0.462 e. The average Bonchev–Trinajstić information content (AvgIpc) is 2.70. The molecule has 1 saturated heterocycles. The number of benzene rings is 1. The monoisotopic (exact) mass is 378 g/mol. The smallest absolute Gasteiger partial charge is 0.339 e. The number of ether oxygens (including phenoxy) is 1. The first-order chi connectivity index (χ1) is 13.5. The summed E-state index contributed by atoms with van der Waals surface area (Å²) >= 11 is 0. The summed E-state index contributed by atoms with van der Waals surface area (Å²) in [4.78, 5) is 21.4. The lowest BCUT2D eigenvalue weighted by molar-refractivity contribution is 0.0524. The molecular formula is C22H26N4O2. The molecule has 6 nitrogen and oxygen atoms in total. The zero-order valence-electron chi connectivity index (χ0n) is 16.7. The molecule has 3 rings (SSSR count). The molecule has 0 bridgehead atoms. The van der Waals surface area contributed by atoms with Crippen LogP contribution >= 0.6 is 0 Å². The summed E-state index contributed by atoms with van der Waals surface area (Å²) in [5.74, 6) is -0.313. The van der Waals surface area contributed by atoms with Crippen LogP contribution in [0.3, 0.4) is 0 Å². The number of para-hydroxylation sites is 1. The number of hydrogen-bond acceptors (Lipinski definition) is 6. The van der Waals surface area contributed by atoms with Crippen LogP contribution < -0.4 is 4.90 Å². The van der Waals surface area contributed by atoms with Crippen LogP contribution in [0.5, 0.6) is 0 Å². The summed E-state index contributed by atoms with van der Waals surface area (Å²) in [6, 6.07) is 11.9. The van der Waals surface area contributed by atoms with Gasteiger partial charge in [0.25, 0.3) is 0 Å². The van der Waals surface area contributed by atoms with Crippen molar-refractivity contribution in [1.29, 1.82) is 5.26 Å². The molecule has 6 heteroatoms. The highest BCUT2D eigenvalue weighted by atomic mass is 16.5. The van der Waals surface area contributed by atoms with Gasteiger partial charge in [-0.05, 0) is 44.5 Å². The number of hydrogen-bond donors (Lipinski definition) is 0. The van der Waals surface area contributed by atoms with Gasteiger partial charge in [0.1, 0.15) is 6.07 Å². The van der Waals surface area contributed by atoms with Crippen molar-refractivity contribution < 1.29 is 9.53 Å². The van der Waals surface area contributed by atoms with Gasteiger partial charge in [-0.3, -0.25) is 9.88 Å². The highest BCUT2D eigenvalue weighted by molar-refractivity contribution is 5.90. The maximum absolute atomic E-state index is 12.2. The number of esters is 1. The third-order valence-corrected chi connectivity index (χ3v) is 5.14. The molecule has 0 radical (unpaired) electrons. The summed E-state index contributed by atoms with van der Waals surface area (Å²) in [6.45, 7) is 10.2. The summed E-state index contributed by atoms with van der Waals surface area (Å²) in [7, 11) is 0. The molecular weight excluding hydrogens is 352 g/mol. The zero-order chi connectivity index (χ0) is 20.1. The number of pyridine rings is 1. The van der Waals surface area contributed by atoms with Gasteiger partial charge in [-0.15, -0.1) is 0 Å². The van der Waals surface area contributed by atoms with Crippen molar-refractivity contribution in [3.63, 3.8) is 0 Å². The van der Waals surface area contributed by atoms with Crippen LogP contribution in [-0.4, -0.2) is 48.6 Å². The van der Waals surface area contributed by atoms with Crippen LogP contribution in [0.15, 0.2) is 30.3 Å². The molecule has 1 fully saturated rings. The lowest BCUT2D eigenvalue weighted by atomic mass is 10.1. The lowest BCUT2D eigenvalue weighted by Gasteiger charge is -2.36. The van der Waals surface area contributed by atoms with Gasteiger partial charge in [0.15, 0.2) is 0 Å². The van der Waals surface area contributed by atoms with E-state index >= 15 is 0 Å². The van der Waals surface area contributed by atoms with Gasteiger partial charge in [-0.2, -0.15) is 5.26 Å². The SMILES string of the molecule is CCOC(=O)c1cc(CN2CCN(c3ccccc3C#N)CC2)c(C)nc1C. The van der Waals surface area contributed by atoms with E-state index in [-0.39, 0.29) is 5.97 Å². The zero-order valence-corrected chi connectivity index (χ0v) is 16.7. The van der Waals surface area contributed by atoms with Crippen LogP contribution in [0.2, 0.25) is 0 Å². The predicted octanol–water partition coefficient (Wildman–Crippen LogP) is 3.07. The molecule has 0 N–H and O–H groups in total. The van der Waals surface area contributed by atoms with Crippen LogP contribution in [0.25, 0.3) is 0 Å². The van der Waals surface area contributed by atoms with Crippen LogP contribution in [0.4, 0.5) is 5.69 Å². The Bertz CT molecular complexity index is 896. The maximum Gasteiger partial charge on any atom is 0.339 e. The van der Waals surface area contributed by atoms with Gasteiger partial charge in [-0.1, -0.05) is 12.1 Å². The van der Waals surface area contributed by atoms with E-state index in [2.05, 4.69) is 20.9 Å². The molecule has 0 spiro atoms. The Kier molecular flexibility index (Phi) is 6.27. The number of aryl methyl sites for hydroxylation is 2. The number of nitriles is 1. The summed E-state index contributed by atoms with van der Waals surface area (Å²) in [5, 5.41) is 9.33. The first kappa shape index (κ1) is 19.8. The first-order valence-electron chi connectivity index (χ1n) is 9.64. The van der Waals surface area contributed by atoms with E-state index in [0.29, 0.717) is 23.4 Å². The minimum atomic E-state index is -0.313. The molecule has 0 aliphatic carbocycles. The molecule has 28 heavy (non-hydrogen) atoms. The van der Waals surface area contributed by atoms with E-state index in [0.717, 1.165) is 49.7 Å². The van der Waals surface area contributed by atoms with Gasteiger partial charge in [0.05, 0.1) is 29.1 Å². The van der Waals surface area contributed by atoms with Crippen molar-refractivity contribution in [2.24, 2.45) is 0 Å². The fraction of sp³-hybridized carbons (Fsp3) is 0.409. The molecule has 2 heterocycles. The largest absolute Gasteiger partial charge is 0.462 e. The quantitative estimate of drug-likeness (QED) is 0.745. The summed E-state index contributed by atoms with van der Waals surface area (Å²) in [5.41, 5.74) is 4.97. The van der Waals surface area contributed by atoms with Crippen molar-refractivity contribution in [2.75, 3.05) is 37.7 Å². The van der Waals surface area contributed by atoms with Crippen molar-refractivity contribution in [2.45, 2.75) is 27.3 Å². The van der Waals surface area contributed by atoms with Crippen LogP contribution in [-0.2, 0) is 11.3 Å². The van der Waals surface area contributed by atoms with E-state index in [4.69, 9.17) is 4.74 Å². The molecule has 0 unspecified atom stereocenters. The van der Waals surface area contributed by atoms with Gasteiger partial charge in [0, 0.05) is 38.4 Å².